The van der Waals surface area contributed by atoms with Crippen molar-refractivity contribution in [3.63, 3.8) is 0 Å². The van der Waals surface area contributed by atoms with Crippen molar-refractivity contribution < 1.29 is 9.21 Å². The van der Waals surface area contributed by atoms with Crippen LogP contribution in [0.1, 0.15) is 75.5 Å². The summed E-state index contributed by atoms with van der Waals surface area (Å²) in [4.78, 5) is 29.8. The third-order valence-electron chi connectivity index (χ3n) is 8.41. The van der Waals surface area contributed by atoms with E-state index < -0.39 is 0 Å². The van der Waals surface area contributed by atoms with Gasteiger partial charge < -0.3 is 19.5 Å². The van der Waals surface area contributed by atoms with Gasteiger partial charge in [-0.3, -0.25) is 9.69 Å². The number of anilines is 2. The van der Waals surface area contributed by atoms with Crippen molar-refractivity contribution in [1.82, 2.24) is 30.0 Å². The number of nitrogens with one attached hydrogen (secondary N) is 1. The van der Waals surface area contributed by atoms with E-state index in [9.17, 15) is 4.79 Å². The fraction of sp³-hybridized carbons (Fsp3) is 0.581. The zero-order valence-electron chi connectivity index (χ0n) is 25.4. The lowest BCUT2D eigenvalue weighted by Gasteiger charge is -2.47. The van der Waals surface area contributed by atoms with Crippen LogP contribution in [0.5, 0.6) is 0 Å². The molecule has 1 atom stereocenters. The quantitative estimate of drug-likeness (QED) is 0.438. The van der Waals surface area contributed by atoms with Crippen molar-refractivity contribution in [1.29, 1.82) is 0 Å². The van der Waals surface area contributed by atoms with E-state index in [1.165, 1.54) is 5.56 Å². The van der Waals surface area contributed by atoms with Gasteiger partial charge in [-0.25, -0.2) is 9.97 Å². The van der Waals surface area contributed by atoms with E-state index in [-0.39, 0.29) is 11.3 Å². The van der Waals surface area contributed by atoms with Crippen molar-refractivity contribution in [2.24, 2.45) is 0 Å². The van der Waals surface area contributed by atoms with Crippen molar-refractivity contribution in [2.75, 3.05) is 49.5 Å². The molecule has 3 aromatic rings. The fourth-order valence-corrected chi connectivity index (χ4v) is 6.04. The molecule has 0 radical (unpaired) electrons. The van der Waals surface area contributed by atoms with E-state index in [0.29, 0.717) is 36.2 Å². The van der Waals surface area contributed by atoms with Gasteiger partial charge in [0.1, 0.15) is 11.5 Å². The molecule has 2 aliphatic rings. The number of amides is 1. The largest absolute Gasteiger partial charge is 0.402 e. The second-order valence-electron chi connectivity index (χ2n) is 12.2. The maximum atomic E-state index is 13.2. The van der Waals surface area contributed by atoms with Gasteiger partial charge in [0.15, 0.2) is 0 Å². The first kappa shape index (κ1) is 29.0. The van der Waals surface area contributed by atoms with Gasteiger partial charge in [-0.15, -0.1) is 5.10 Å². The highest BCUT2D eigenvalue weighted by atomic mass is 16.4. The molecule has 4 heterocycles. The lowest BCUT2D eigenvalue weighted by Crippen LogP contribution is -2.58. The maximum absolute atomic E-state index is 13.2. The number of hydrogen-bond acceptors (Lipinski definition) is 9. The topological polar surface area (TPSA) is 104 Å². The first-order valence-corrected chi connectivity index (χ1v) is 15.0. The molecular formula is C31H44N8O2. The number of rotatable bonds is 7. The van der Waals surface area contributed by atoms with Gasteiger partial charge in [-0.05, 0) is 56.2 Å². The molecule has 0 bridgehead atoms. The zero-order chi connectivity index (χ0) is 29.1. The molecule has 1 amide bonds. The van der Waals surface area contributed by atoms with E-state index in [1.54, 1.807) is 6.20 Å². The lowest BCUT2D eigenvalue weighted by molar-refractivity contribution is 0.0490. The summed E-state index contributed by atoms with van der Waals surface area (Å²) < 4.78 is 5.65. The molecule has 41 heavy (non-hydrogen) atoms. The van der Waals surface area contributed by atoms with Crippen LogP contribution in [0.2, 0.25) is 0 Å². The van der Waals surface area contributed by atoms with E-state index in [1.807, 2.05) is 30.9 Å². The molecule has 2 saturated heterocycles. The number of aromatic nitrogens is 4. The van der Waals surface area contributed by atoms with Gasteiger partial charge in [-0.2, -0.15) is 0 Å². The summed E-state index contributed by atoms with van der Waals surface area (Å²) in [6.45, 7) is 17.9. The Balaban J connectivity index is 1.18. The molecule has 5 rings (SSSR count). The van der Waals surface area contributed by atoms with Crippen molar-refractivity contribution in [2.45, 2.75) is 78.3 Å². The van der Waals surface area contributed by atoms with Crippen molar-refractivity contribution in [3.8, 4) is 11.6 Å². The molecule has 10 nitrogen and oxygen atoms in total. The first-order chi connectivity index (χ1) is 19.7. The summed E-state index contributed by atoms with van der Waals surface area (Å²) in [7, 11) is 0. The van der Waals surface area contributed by atoms with E-state index >= 15 is 0 Å². The SMILES string of the molecule is CCNc1nnc(-c2cnc(N3CCN(C4CCN(C(=O)c5ccc(C(C)(C)C)cc5)CC4)C(CC)C3)c(C)n2)o1. The molecule has 2 aliphatic heterocycles. The maximum Gasteiger partial charge on any atom is 0.315 e. The van der Waals surface area contributed by atoms with Crippen molar-refractivity contribution in [3.05, 3.63) is 47.3 Å². The van der Waals surface area contributed by atoms with E-state index in [2.05, 4.69) is 65.1 Å². The van der Waals surface area contributed by atoms with Gasteiger partial charge >= 0.3 is 6.01 Å². The van der Waals surface area contributed by atoms with Crippen LogP contribution in [0.4, 0.5) is 11.8 Å². The fourth-order valence-electron chi connectivity index (χ4n) is 6.04. The zero-order valence-corrected chi connectivity index (χ0v) is 25.4. The second-order valence-corrected chi connectivity index (χ2v) is 12.2. The molecular weight excluding hydrogens is 516 g/mol. The molecule has 1 unspecified atom stereocenters. The average Bonchev–Trinajstić information content (AvgIpc) is 3.45. The van der Waals surface area contributed by atoms with E-state index in [0.717, 1.165) is 69.1 Å². The number of piperidine rings is 1. The highest BCUT2D eigenvalue weighted by Crippen LogP contribution is 2.29. The molecule has 220 valence electrons. The minimum Gasteiger partial charge on any atom is -0.402 e. The molecule has 1 aromatic carbocycles. The number of hydrogen-bond donors (Lipinski definition) is 1. The summed E-state index contributed by atoms with van der Waals surface area (Å²) in [5.74, 6) is 1.43. The third kappa shape index (κ3) is 6.37. The highest BCUT2D eigenvalue weighted by Gasteiger charge is 2.35. The molecule has 1 N–H and O–H groups in total. The Morgan fingerprint density at radius 1 is 1.05 bits per heavy atom. The van der Waals surface area contributed by atoms with Gasteiger partial charge in [0.25, 0.3) is 11.8 Å². The highest BCUT2D eigenvalue weighted by molar-refractivity contribution is 5.94. The smallest absolute Gasteiger partial charge is 0.315 e. The van der Waals surface area contributed by atoms with Crippen LogP contribution in [0.15, 0.2) is 34.9 Å². The number of carbonyl (C=O) groups excluding carboxylic acids is 1. The van der Waals surface area contributed by atoms with E-state index in [4.69, 9.17) is 14.4 Å². The Hall–Kier alpha value is -3.53. The summed E-state index contributed by atoms with van der Waals surface area (Å²) in [6.07, 6.45) is 4.81. The Kier molecular flexibility index (Phi) is 8.58. The summed E-state index contributed by atoms with van der Waals surface area (Å²) >= 11 is 0. The van der Waals surface area contributed by atoms with Gasteiger partial charge in [0.2, 0.25) is 0 Å². The van der Waals surface area contributed by atoms with Crippen LogP contribution in [0.25, 0.3) is 11.6 Å². The van der Waals surface area contributed by atoms with Crippen LogP contribution < -0.4 is 10.2 Å². The van der Waals surface area contributed by atoms with Gasteiger partial charge in [0.05, 0.1) is 11.9 Å². The summed E-state index contributed by atoms with van der Waals surface area (Å²) in [5, 5.41) is 11.1. The Labute approximate surface area is 243 Å². The number of likely N-dealkylation sites (tertiary alicyclic amines) is 1. The number of aryl methyl sites for hydroxylation is 1. The van der Waals surface area contributed by atoms with Crippen LogP contribution in [0, 0.1) is 6.92 Å². The standard InChI is InChI=1S/C31H44N8O2/c1-7-24-20-38(27-21(3)34-26(19-33-27)28-35-36-30(41-28)32-8-2)17-18-39(24)25-13-15-37(16-14-25)29(40)22-9-11-23(12-10-22)31(4,5)6/h9-12,19,24-25H,7-8,13-18,20H2,1-6H3,(H,32,36). The third-order valence-corrected chi connectivity index (χ3v) is 8.41. The predicted molar refractivity (Wildman–Crippen MR) is 161 cm³/mol. The molecule has 0 saturated carbocycles. The van der Waals surface area contributed by atoms with Gasteiger partial charge in [-0.1, -0.05) is 44.9 Å². The Bertz CT molecular complexity index is 1320. The first-order valence-electron chi connectivity index (χ1n) is 15.0. The predicted octanol–water partition coefficient (Wildman–Crippen LogP) is 4.77. The van der Waals surface area contributed by atoms with Crippen LogP contribution in [-0.2, 0) is 5.41 Å². The number of piperazine rings is 1. The van der Waals surface area contributed by atoms with Crippen LogP contribution >= 0.6 is 0 Å². The van der Waals surface area contributed by atoms with Crippen LogP contribution in [0.3, 0.4) is 0 Å². The summed E-state index contributed by atoms with van der Waals surface area (Å²) in [6, 6.07) is 9.47. The molecule has 0 aliphatic carbocycles. The second kappa shape index (κ2) is 12.1. The average molecular weight is 561 g/mol. The minimum absolute atomic E-state index is 0.0833. The lowest BCUT2D eigenvalue weighted by atomic mass is 9.86. The van der Waals surface area contributed by atoms with Gasteiger partial charge in [0, 0.05) is 56.9 Å². The molecule has 2 aromatic heterocycles. The molecule has 10 heteroatoms. The number of carbonyl (C=O) groups is 1. The Morgan fingerprint density at radius 3 is 2.41 bits per heavy atom. The van der Waals surface area contributed by atoms with Crippen molar-refractivity contribution >= 4 is 17.7 Å². The molecule has 2 fully saturated rings. The monoisotopic (exact) mass is 560 g/mol. The van der Waals surface area contributed by atoms with Crippen LogP contribution in [-0.4, -0.2) is 87.2 Å². The summed E-state index contributed by atoms with van der Waals surface area (Å²) in [5.41, 5.74) is 3.56. The molecule has 0 spiro atoms. The minimum atomic E-state index is 0.0833. The number of nitrogens with zero attached hydrogens (tertiary/aromatic N) is 7. The number of benzene rings is 1. The Morgan fingerprint density at radius 2 is 1.78 bits per heavy atom. The normalized spacial score (nSPS) is 19.0.